The Morgan fingerprint density at radius 2 is 1.79 bits per heavy atom. The van der Waals surface area contributed by atoms with E-state index in [4.69, 9.17) is 9.47 Å². The molecule has 0 amide bonds. The summed E-state index contributed by atoms with van der Waals surface area (Å²) in [4.78, 5) is 16.0. The standard InChI is InChI=1S/C23H35NO3.C11H25N/c1-3-4-5-13-26-18(2)6-8-22-16-21(17-24(22)11-12-25)19-7-9-23-20(15-19)10-14-27-23;1-4-6-8-9-11-12(3)10-7-5-2/h7,9,12,15,18,21-22H,3-6,8,10-11,13-14,16-17H2,1-2H3;4-11H2,1-3H3/t18?,21?,22-;/m0./s1. The molecule has 1 aromatic carbocycles. The average Bonchev–Trinajstić information content (AvgIpc) is 3.58. The summed E-state index contributed by atoms with van der Waals surface area (Å²) in [6.07, 6.45) is 17.5. The lowest BCUT2D eigenvalue weighted by Gasteiger charge is -2.23. The number of fused-ring (bicyclic) bond motifs is 1. The molecule has 0 bridgehead atoms. The zero-order valence-electron chi connectivity index (χ0n) is 26.1. The quantitative estimate of drug-likeness (QED) is 0.132. The zero-order valence-corrected chi connectivity index (χ0v) is 26.1. The van der Waals surface area contributed by atoms with Crippen molar-refractivity contribution in [3.63, 3.8) is 0 Å². The van der Waals surface area contributed by atoms with Crippen molar-refractivity contribution >= 4 is 6.29 Å². The van der Waals surface area contributed by atoms with E-state index in [9.17, 15) is 4.79 Å². The molecule has 0 aromatic heterocycles. The normalized spacial score (nSPS) is 19.4. The lowest BCUT2D eigenvalue weighted by atomic mass is 9.93. The molecular weight excluding hydrogens is 484 g/mol. The number of carbonyl (C=O) groups excluding carboxylic acids is 1. The van der Waals surface area contributed by atoms with E-state index in [0.29, 0.717) is 24.6 Å². The Kier molecular flexibility index (Phi) is 17.7. The first-order valence-corrected chi connectivity index (χ1v) is 16.3. The van der Waals surface area contributed by atoms with Crippen LogP contribution in [0.4, 0.5) is 0 Å². The van der Waals surface area contributed by atoms with Gasteiger partial charge in [-0.15, -0.1) is 0 Å². The Balaban J connectivity index is 0.000000377. The number of nitrogens with zero attached hydrogens (tertiary/aromatic N) is 2. The highest BCUT2D eigenvalue weighted by atomic mass is 16.5. The Morgan fingerprint density at radius 1 is 1.05 bits per heavy atom. The number of likely N-dealkylation sites (tertiary alicyclic amines) is 1. The van der Waals surface area contributed by atoms with Crippen molar-refractivity contribution in [2.24, 2.45) is 0 Å². The van der Waals surface area contributed by atoms with Gasteiger partial charge in [0, 0.05) is 25.6 Å². The van der Waals surface area contributed by atoms with Gasteiger partial charge in [0.2, 0.25) is 0 Å². The van der Waals surface area contributed by atoms with Gasteiger partial charge in [0.1, 0.15) is 12.0 Å². The maximum absolute atomic E-state index is 11.2. The average molecular weight is 545 g/mol. The summed E-state index contributed by atoms with van der Waals surface area (Å²) in [6, 6.07) is 7.15. The fourth-order valence-corrected chi connectivity index (χ4v) is 5.80. The molecule has 3 atom stereocenters. The number of ether oxygens (including phenoxy) is 2. The number of benzene rings is 1. The smallest absolute Gasteiger partial charge is 0.133 e. The third kappa shape index (κ3) is 13.2. The molecule has 3 rings (SSSR count). The van der Waals surface area contributed by atoms with Crippen LogP contribution in [0.25, 0.3) is 0 Å². The van der Waals surface area contributed by atoms with Gasteiger partial charge in [-0.1, -0.05) is 71.4 Å². The van der Waals surface area contributed by atoms with Crippen LogP contribution in [0.1, 0.15) is 122 Å². The molecule has 1 fully saturated rings. The van der Waals surface area contributed by atoms with Crippen LogP contribution in [0.5, 0.6) is 5.75 Å². The van der Waals surface area contributed by atoms with Crippen molar-refractivity contribution in [1.29, 1.82) is 0 Å². The van der Waals surface area contributed by atoms with E-state index in [0.717, 1.165) is 63.9 Å². The van der Waals surface area contributed by atoms with Gasteiger partial charge in [-0.3, -0.25) is 4.90 Å². The molecule has 2 aliphatic heterocycles. The van der Waals surface area contributed by atoms with Gasteiger partial charge < -0.3 is 19.2 Å². The molecule has 2 unspecified atom stereocenters. The molecule has 1 saturated heterocycles. The van der Waals surface area contributed by atoms with Crippen LogP contribution in [0.3, 0.4) is 0 Å². The maximum Gasteiger partial charge on any atom is 0.133 e. The highest BCUT2D eigenvalue weighted by molar-refractivity contribution is 5.52. The summed E-state index contributed by atoms with van der Waals surface area (Å²) < 4.78 is 11.6. The maximum atomic E-state index is 11.2. The molecular formula is C34H60N2O3. The van der Waals surface area contributed by atoms with Crippen LogP contribution in [0.2, 0.25) is 0 Å². The highest BCUT2D eigenvalue weighted by Gasteiger charge is 2.33. The largest absolute Gasteiger partial charge is 0.493 e. The third-order valence-corrected chi connectivity index (χ3v) is 8.37. The molecule has 0 spiro atoms. The minimum absolute atomic E-state index is 0.302. The number of unbranched alkanes of at least 4 members (excludes halogenated alkanes) is 6. The van der Waals surface area contributed by atoms with Gasteiger partial charge in [0.25, 0.3) is 0 Å². The van der Waals surface area contributed by atoms with E-state index in [-0.39, 0.29) is 0 Å². The predicted molar refractivity (Wildman–Crippen MR) is 165 cm³/mol. The van der Waals surface area contributed by atoms with Gasteiger partial charge >= 0.3 is 0 Å². The predicted octanol–water partition coefficient (Wildman–Crippen LogP) is 7.65. The van der Waals surface area contributed by atoms with Gasteiger partial charge in [0.15, 0.2) is 0 Å². The number of carbonyl (C=O) groups is 1. The molecule has 5 heteroatoms. The van der Waals surface area contributed by atoms with Crippen LogP contribution in [0, 0.1) is 0 Å². The minimum atomic E-state index is 0.302. The summed E-state index contributed by atoms with van der Waals surface area (Å²) in [5.41, 5.74) is 2.74. The van der Waals surface area contributed by atoms with E-state index < -0.39 is 0 Å². The van der Waals surface area contributed by atoms with Gasteiger partial charge in [0.05, 0.1) is 19.3 Å². The highest BCUT2D eigenvalue weighted by Crippen LogP contribution is 2.36. The van der Waals surface area contributed by atoms with Crippen LogP contribution in [0.15, 0.2) is 18.2 Å². The Bertz CT molecular complexity index is 771. The Morgan fingerprint density at radius 3 is 2.54 bits per heavy atom. The summed E-state index contributed by atoms with van der Waals surface area (Å²) in [7, 11) is 2.24. The monoisotopic (exact) mass is 544 g/mol. The Hall–Kier alpha value is -1.43. The second-order valence-electron chi connectivity index (χ2n) is 11.9. The molecule has 5 nitrogen and oxygen atoms in total. The van der Waals surface area contributed by atoms with E-state index in [2.05, 4.69) is 62.7 Å². The van der Waals surface area contributed by atoms with Crippen LogP contribution >= 0.6 is 0 Å². The summed E-state index contributed by atoms with van der Waals surface area (Å²) >= 11 is 0. The summed E-state index contributed by atoms with van der Waals surface area (Å²) in [5, 5.41) is 0. The number of aldehydes is 1. The minimum Gasteiger partial charge on any atom is -0.493 e. The molecule has 0 radical (unpaired) electrons. The van der Waals surface area contributed by atoms with Gasteiger partial charge in [-0.2, -0.15) is 0 Å². The second-order valence-corrected chi connectivity index (χ2v) is 11.9. The lowest BCUT2D eigenvalue weighted by Crippen LogP contribution is -2.32. The van der Waals surface area contributed by atoms with Crippen molar-refractivity contribution in [2.45, 2.75) is 129 Å². The fourth-order valence-electron chi connectivity index (χ4n) is 5.80. The van der Waals surface area contributed by atoms with Gasteiger partial charge in [-0.05, 0) is 88.7 Å². The van der Waals surface area contributed by atoms with E-state index in [1.165, 1.54) is 75.6 Å². The van der Waals surface area contributed by atoms with Crippen molar-refractivity contribution in [2.75, 3.05) is 46.4 Å². The number of hydrogen-bond acceptors (Lipinski definition) is 5. The molecule has 0 aliphatic carbocycles. The van der Waals surface area contributed by atoms with Crippen LogP contribution < -0.4 is 4.74 Å². The van der Waals surface area contributed by atoms with Crippen LogP contribution in [-0.4, -0.2) is 74.7 Å². The Labute approximate surface area is 241 Å². The summed E-state index contributed by atoms with van der Waals surface area (Å²) in [6.45, 7) is 14.7. The zero-order chi connectivity index (χ0) is 28.3. The molecule has 0 saturated carbocycles. The van der Waals surface area contributed by atoms with Crippen molar-refractivity contribution in [1.82, 2.24) is 9.80 Å². The fraction of sp³-hybridized carbons (Fsp3) is 0.794. The summed E-state index contributed by atoms with van der Waals surface area (Å²) in [5.74, 6) is 1.56. The molecule has 224 valence electrons. The molecule has 0 N–H and O–H groups in total. The molecule has 2 heterocycles. The molecule has 2 aliphatic rings. The SMILES string of the molecule is CCCCCCN(C)CCCC.CCCCCOC(C)CC[C@H]1CC(c2ccc3c(c2)CCO3)CN1CC=O. The van der Waals surface area contributed by atoms with Crippen molar-refractivity contribution in [3.8, 4) is 5.75 Å². The number of hydrogen-bond donors (Lipinski definition) is 0. The van der Waals surface area contributed by atoms with Crippen molar-refractivity contribution < 1.29 is 14.3 Å². The van der Waals surface area contributed by atoms with Gasteiger partial charge in [-0.25, -0.2) is 0 Å². The first-order chi connectivity index (χ1) is 19.0. The molecule has 39 heavy (non-hydrogen) atoms. The second kappa shape index (κ2) is 20.4. The van der Waals surface area contributed by atoms with Crippen molar-refractivity contribution in [3.05, 3.63) is 29.3 Å². The lowest BCUT2D eigenvalue weighted by molar-refractivity contribution is -0.109. The van der Waals surface area contributed by atoms with E-state index >= 15 is 0 Å². The van der Waals surface area contributed by atoms with E-state index in [1.807, 2.05) is 0 Å². The van der Waals surface area contributed by atoms with Crippen LogP contribution in [-0.2, 0) is 16.0 Å². The topological polar surface area (TPSA) is 42.0 Å². The first kappa shape index (κ1) is 33.8. The van der Waals surface area contributed by atoms with E-state index in [1.54, 1.807) is 0 Å². The first-order valence-electron chi connectivity index (χ1n) is 16.3. The number of rotatable bonds is 19. The third-order valence-electron chi connectivity index (χ3n) is 8.37. The molecule has 1 aromatic rings.